The number of nitrogens with one attached hydrogen (secondary N) is 1. The number of aliphatic carboxylic acids is 1. The van der Waals surface area contributed by atoms with Crippen molar-refractivity contribution < 1.29 is 14.7 Å². The Hall–Kier alpha value is -1.52. The van der Waals surface area contributed by atoms with Crippen LogP contribution in [0.3, 0.4) is 0 Å². The summed E-state index contributed by atoms with van der Waals surface area (Å²) in [6, 6.07) is -0.911. The molecule has 1 rings (SSSR count). The van der Waals surface area contributed by atoms with Crippen LogP contribution in [-0.4, -0.2) is 40.6 Å². The maximum atomic E-state index is 12.4. The van der Waals surface area contributed by atoms with E-state index >= 15 is 0 Å². The van der Waals surface area contributed by atoms with Crippen molar-refractivity contribution in [1.82, 2.24) is 10.2 Å². The Balaban J connectivity index is 2.70. The number of carboxylic acid groups (broad SMARTS) is 1. The third-order valence-corrected chi connectivity index (χ3v) is 3.59. The zero-order valence-electron chi connectivity index (χ0n) is 12.5. The summed E-state index contributed by atoms with van der Waals surface area (Å²) in [5.74, 6) is -0.654. The van der Waals surface area contributed by atoms with Crippen LogP contribution in [0.5, 0.6) is 0 Å². The van der Waals surface area contributed by atoms with Crippen molar-refractivity contribution in [2.24, 2.45) is 5.92 Å². The Bertz CT molecular complexity index is 349. The first-order valence-corrected chi connectivity index (χ1v) is 7.36. The molecule has 0 saturated heterocycles. The van der Waals surface area contributed by atoms with Gasteiger partial charge in [0, 0.05) is 12.6 Å². The summed E-state index contributed by atoms with van der Waals surface area (Å²) < 4.78 is 0. The average molecular weight is 282 g/mol. The number of amides is 2. The molecule has 1 fully saturated rings. The summed E-state index contributed by atoms with van der Waals surface area (Å²) in [5.41, 5.74) is 0. The van der Waals surface area contributed by atoms with Gasteiger partial charge in [-0.2, -0.15) is 0 Å². The average Bonchev–Trinajstić information content (AvgIpc) is 2.88. The van der Waals surface area contributed by atoms with Crippen LogP contribution in [0.1, 0.15) is 46.0 Å². The molecule has 1 saturated carbocycles. The Kier molecular flexibility index (Phi) is 6.55. The fourth-order valence-corrected chi connectivity index (χ4v) is 2.63. The summed E-state index contributed by atoms with van der Waals surface area (Å²) in [7, 11) is 0. The van der Waals surface area contributed by atoms with Crippen molar-refractivity contribution in [3.05, 3.63) is 12.7 Å². The van der Waals surface area contributed by atoms with Crippen LogP contribution in [-0.2, 0) is 4.79 Å². The van der Waals surface area contributed by atoms with Gasteiger partial charge in [0.05, 0.1) is 0 Å². The van der Waals surface area contributed by atoms with Crippen molar-refractivity contribution in [2.75, 3.05) is 6.54 Å². The lowest BCUT2D eigenvalue weighted by molar-refractivity contribution is -0.139. The molecule has 0 aliphatic heterocycles. The zero-order chi connectivity index (χ0) is 15.1. The van der Waals surface area contributed by atoms with Gasteiger partial charge in [-0.1, -0.05) is 32.8 Å². The first kappa shape index (κ1) is 16.5. The fraction of sp³-hybridized carbons (Fsp3) is 0.733. The van der Waals surface area contributed by atoms with E-state index in [1.165, 1.54) is 6.08 Å². The maximum absolute atomic E-state index is 12.4. The number of nitrogens with zero attached hydrogens (tertiary/aromatic N) is 1. The normalized spacial score (nSPS) is 16.9. The van der Waals surface area contributed by atoms with Crippen LogP contribution in [0.15, 0.2) is 12.7 Å². The first-order chi connectivity index (χ1) is 9.45. The Morgan fingerprint density at radius 2 is 2.00 bits per heavy atom. The topological polar surface area (TPSA) is 69.6 Å². The second-order valence-corrected chi connectivity index (χ2v) is 5.85. The van der Waals surface area contributed by atoms with Crippen molar-refractivity contribution in [1.29, 1.82) is 0 Å². The monoisotopic (exact) mass is 282 g/mol. The number of hydrogen-bond acceptors (Lipinski definition) is 2. The van der Waals surface area contributed by atoms with Crippen molar-refractivity contribution in [3.8, 4) is 0 Å². The van der Waals surface area contributed by atoms with Gasteiger partial charge < -0.3 is 15.3 Å². The molecule has 2 amide bonds. The molecule has 1 aliphatic carbocycles. The summed E-state index contributed by atoms with van der Waals surface area (Å²) >= 11 is 0. The quantitative estimate of drug-likeness (QED) is 0.705. The van der Waals surface area contributed by atoms with Gasteiger partial charge >= 0.3 is 12.0 Å². The minimum atomic E-state index is -1.02. The molecule has 0 aromatic rings. The van der Waals surface area contributed by atoms with Gasteiger partial charge in [-0.3, -0.25) is 0 Å². The van der Waals surface area contributed by atoms with Gasteiger partial charge in [0.1, 0.15) is 6.04 Å². The first-order valence-electron chi connectivity index (χ1n) is 7.36. The predicted molar refractivity (Wildman–Crippen MR) is 78.6 cm³/mol. The Labute approximate surface area is 121 Å². The van der Waals surface area contributed by atoms with E-state index in [9.17, 15) is 9.59 Å². The Morgan fingerprint density at radius 3 is 2.45 bits per heavy atom. The number of carbonyl (C=O) groups is 2. The van der Waals surface area contributed by atoms with Gasteiger partial charge in [-0.05, 0) is 25.2 Å². The molecule has 20 heavy (non-hydrogen) atoms. The SMILES string of the molecule is C=CCC(NC(=O)N(CC(C)C)C1CCCC1)C(=O)O. The second-order valence-electron chi connectivity index (χ2n) is 5.85. The van der Waals surface area contributed by atoms with Crippen LogP contribution in [0, 0.1) is 5.92 Å². The highest BCUT2D eigenvalue weighted by molar-refractivity contribution is 5.82. The van der Waals surface area contributed by atoms with Crippen LogP contribution in [0.4, 0.5) is 4.79 Å². The molecule has 5 nitrogen and oxygen atoms in total. The fourth-order valence-electron chi connectivity index (χ4n) is 2.63. The molecule has 0 aromatic carbocycles. The van der Waals surface area contributed by atoms with E-state index in [2.05, 4.69) is 25.7 Å². The number of rotatable bonds is 7. The van der Waals surface area contributed by atoms with Crippen molar-refractivity contribution in [3.63, 3.8) is 0 Å². The largest absolute Gasteiger partial charge is 0.480 e. The van der Waals surface area contributed by atoms with E-state index in [0.717, 1.165) is 25.7 Å². The summed E-state index contributed by atoms with van der Waals surface area (Å²) in [4.78, 5) is 25.3. The molecule has 5 heteroatoms. The number of urea groups is 1. The number of carboxylic acids is 1. The molecule has 0 aromatic heterocycles. The smallest absolute Gasteiger partial charge is 0.326 e. The molecule has 1 unspecified atom stereocenters. The summed E-state index contributed by atoms with van der Waals surface area (Å²) in [5, 5.41) is 11.7. The lowest BCUT2D eigenvalue weighted by Gasteiger charge is -2.31. The molecule has 0 radical (unpaired) electrons. The minimum Gasteiger partial charge on any atom is -0.480 e. The molecule has 0 spiro atoms. The van der Waals surface area contributed by atoms with E-state index < -0.39 is 12.0 Å². The summed E-state index contributed by atoms with van der Waals surface area (Å²) in [6.07, 6.45) is 6.06. The van der Waals surface area contributed by atoms with Crippen LogP contribution < -0.4 is 5.32 Å². The molecular formula is C15H26N2O3. The highest BCUT2D eigenvalue weighted by Crippen LogP contribution is 2.24. The van der Waals surface area contributed by atoms with E-state index in [1.54, 1.807) is 0 Å². The van der Waals surface area contributed by atoms with Gasteiger partial charge in [-0.25, -0.2) is 9.59 Å². The molecular weight excluding hydrogens is 256 g/mol. The van der Waals surface area contributed by atoms with Crippen LogP contribution in [0.2, 0.25) is 0 Å². The zero-order valence-corrected chi connectivity index (χ0v) is 12.5. The van der Waals surface area contributed by atoms with Crippen LogP contribution >= 0.6 is 0 Å². The maximum Gasteiger partial charge on any atom is 0.326 e. The van der Waals surface area contributed by atoms with Gasteiger partial charge in [0.25, 0.3) is 0 Å². The van der Waals surface area contributed by atoms with Crippen molar-refractivity contribution in [2.45, 2.75) is 58.0 Å². The molecule has 0 heterocycles. The number of carbonyl (C=O) groups excluding carboxylic acids is 1. The lowest BCUT2D eigenvalue weighted by Crippen LogP contribution is -2.51. The highest BCUT2D eigenvalue weighted by atomic mass is 16.4. The molecule has 1 aliphatic rings. The van der Waals surface area contributed by atoms with Gasteiger partial charge in [-0.15, -0.1) is 6.58 Å². The number of hydrogen-bond donors (Lipinski definition) is 2. The molecule has 0 bridgehead atoms. The third-order valence-electron chi connectivity index (χ3n) is 3.59. The Morgan fingerprint density at radius 1 is 1.40 bits per heavy atom. The third kappa shape index (κ3) is 4.87. The standard InChI is InChI=1S/C15H26N2O3/c1-4-7-13(14(18)19)16-15(20)17(10-11(2)3)12-8-5-6-9-12/h4,11-13H,1,5-10H2,2-3H3,(H,16,20)(H,18,19). The summed E-state index contributed by atoms with van der Waals surface area (Å²) in [6.45, 7) is 8.32. The second kappa shape index (κ2) is 7.92. The van der Waals surface area contributed by atoms with E-state index in [0.29, 0.717) is 12.5 Å². The predicted octanol–water partition coefficient (Wildman–Crippen LogP) is 2.63. The molecule has 2 N–H and O–H groups in total. The lowest BCUT2D eigenvalue weighted by atomic mass is 10.1. The molecule has 1 atom stereocenters. The van der Waals surface area contributed by atoms with E-state index in [-0.39, 0.29) is 18.5 Å². The van der Waals surface area contributed by atoms with Gasteiger partial charge in [0.15, 0.2) is 0 Å². The van der Waals surface area contributed by atoms with Crippen LogP contribution in [0.25, 0.3) is 0 Å². The van der Waals surface area contributed by atoms with E-state index in [1.807, 2.05) is 4.90 Å². The van der Waals surface area contributed by atoms with Gasteiger partial charge in [0.2, 0.25) is 0 Å². The van der Waals surface area contributed by atoms with E-state index in [4.69, 9.17) is 5.11 Å². The molecule has 114 valence electrons. The highest BCUT2D eigenvalue weighted by Gasteiger charge is 2.29. The minimum absolute atomic E-state index is 0.237. The van der Waals surface area contributed by atoms with Crippen molar-refractivity contribution >= 4 is 12.0 Å².